The van der Waals surface area contributed by atoms with Crippen molar-refractivity contribution in [3.63, 3.8) is 0 Å². The van der Waals surface area contributed by atoms with E-state index in [1.54, 1.807) is 71.1 Å². The first-order valence-electron chi connectivity index (χ1n) is 8.31. The Balaban J connectivity index is 6.73. The molecule has 24 heavy (non-hydrogen) atoms. The number of hydrogen-bond donors (Lipinski definition) is 1. The van der Waals surface area contributed by atoms with E-state index < -0.39 is 22.8 Å². The van der Waals surface area contributed by atoms with Gasteiger partial charge in [-0.25, -0.2) is 0 Å². The van der Waals surface area contributed by atoms with Gasteiger partial charge in [0.25, 0.3) is 0 Å². The zero-order valence-electron chi connectivity index (χ0n) is 15.6. The Bertz CT molecular complexity index is 514. The molecule has 0 bridgehead atoms. The summed E-state index contributed by atoms with van der Waals surface area (Å²) in [6.07, 6.45) is 13.3. The number of rotatable bonds is 9. The number of carboxylic acid groups (broad SMARTS) is 1. The fourth-order valence-corrected chi connectivity index (χ4v) is 2.70. The molecule has 0 aromatic heterocycles. The zero-order chi connectivity index (χ0) is 18.8. The molecule has 0 aromatic rings. The van der Waals surface area contributed by atoms with Crippen LogP contribution in [0.2, 0.25) is 0 Å². The minimum Gasteiger partial charge on any atom is -0.480 e. The number of esters is 1. The number of hydrogen-bond acceptors (Lipinski definition) is 3. The Morgan fingerprint density at radius 2 is 1.29 bits per heavy atom. The highest BCUT2D eigenvalue weighted by Crippen LogP contribution is 2.47. The molecule has 0 saturated heterocycles. The number of carbonyl (C=O) groups excluding carboxylic acids is 1. The molecule has 4 heteroatoms. The smallest absolute Gasteiger partial charge is 0.321 e. The van der Waals surface area contributed by atoms with Gasteiger partial charge in [-0.1, -0.05) is 55.5 Å². The maximum Gasteiger partial charge on any atom is 0.321 e. The van der Waals surface area contributed by atoms with Gasteiger partial charge < -0.3 is 9.84 Å². The predicted octanol–water partition coefficient (Wildman–Crippen LogP) is 4.69. The summed E-state index contributed by atoms with van der Waals surface area (Å²) in [4.78, 5) is 25.3. The van der Waals surface area contributed by atoms with Crippen LogP contribution >= 0.6 is 0 Å². The maximum absolute atomic E-state index is 13.1. The van der Waals surface area contributed by atoms with E-state index in [1.165, 1.54) is 12.2 Å². The summed E-state index contributed by atoms with van der Waals surface area (Å²) in [5, 5.41) is 10.0. The Hall–Kier alpha value is -2.10. The minimum absolute atomic E-state index is 0.296. The summed E-state index contributed by atoms with van der Waals surface area (Å²) >= 11 is 0. The molecule has 0 rings (SSSR count). The highest BCUT2D eigenvalue weighted by Gasteiger charge is 2.56. The van der Waals surface area contributed by atoms with Gasteiger partial charge in [-0.3, -0.25) is 9.59 Å². The normalized spacial score (nSPS) is 18.9. The number of carboxylic acids is 1. The van der Waals surface area contributed by atoms with E-state index in [2.05, 4.69) is 0 Å². The number of ether oxygens (including phenoxy) is 1. The van der Waals surface area contributed by atoms with Crippen molar-refractivity contribution in [1.29, 1.82) is 0 Å². The molecule has 0 aliphatic rings. The van der Waals surface area contributed by atoms with Gasteiger partial charge in [0.05, 0.1) is 6.10 Å². The van der Waals surface area contributed by atoms with E-state index in [-0.39, 0.29) is 6.10 Å². The lowest BCUT2D eigenvalue weighted by molar-refractivity contribution is -0.166. The van der Waals surface area contributed by atoms with Crippen LogP contribution in [0.25, 0.3) is 0 Å². The molecule has 0 aliphatic heterocycles. The first-order chi connectivity index (χ1) is 11.3. The monoisotopic (exact) mass is 334 g/mol. The van der Waals surface area contributed by atoms with Crippen LogP contribution in [0, 0.1) is 10.8 Å². The number of allylic oxidation sites excluding steroid dienone is 4. The van der Waals surface area contributed by atoms with Crippen molar-refractivity contribution in [3.05, 3.63) is 48.6 Å². The Kier molecular flexibility index (Phi) is 9.04. The van der Waals surface area contributed by atoms with E-state index >= 15 is 0 Å². The topological polar surface area (TPSA) is 63.6 Å². The van der Waals surface area contributed by atoms with Gasteiger partial charge in [-0.15, -0.1) is 0 Å². The lowest BCUT2D eigenvalue weighted by Crippen LogP contribution is -2.49. The molecule has 1 atom stereocenters. The number of carbonyl (C=O) groups is 2. The Morgan fingerprint density at radius 3 is 1.58 bits per heavy atom. The first kappa shape index (κ1) is 21.9. The van der Waals surface area contributed by atoms with Gasteiger partial charge in [0.15, 0.2) is 0 Å². The summed E-state index contributed by atoms with van der Waals surface area (Å²) in [5.74, 6) is -1.69. The second kappa shape index (κ2) is 9.91. The largest absolute Gasteiger partial charge is 0.480 e. The van der Waals surface area contributed by atoms with Crippen molar-refractivity contribution < 1.29 is 19.4 Å². The van der Waals surface area contributed by atoms with E-state index in [9.17, 15) is 14.7 Å². The third-order valence-corrected chi connectivity index (χ3v) is 3.98. The summed E-state index contributed by atoms with van der Waals surface area (Å²) in [6, 6.07) is 0. The van der Waals surface area contributed by atoms with Crippen LogP contribution in [-0.2, 0) is 14.3 Å². The van der Waals surface area contributed by atoms with E-state index in [0.29, 0.717) is 6.42 Å². The molecule has 0 aliphatic carbocycles. The van der Waals surface area contributed by atoms with Crippen LogP contribution < -0.4 is 0 Å². The van der Waals surface area contributed by atoms with Crippen molar-refractivity contribution in [1.82, 2.24) is 0 Å². The second-order valence-electron chi connectivity index (χ2n) is 5.67. The Morgan fingerprint density at radius 1 is 0.917 bits per heavy atom. The highest BCUT2D eigenvalue weighted by molar-refractivity contribution is 5.94. The predicted molar refractivity (Wildman–Crippen MR) is 97.6 cm³/mol. The molecule has 0 heterocycles. The summed E-state index contributed by atoms with van der Waals surface area (Å²) in [7, 11) is 0. The molecule has 1 N–H and O–H groups in total. The standard InChI is InChI=1S/C20H30O4/c1-7-12-19(13-8-2,17(21)22)20(14-9-3,15-10-4)18(23)24-16(6)11-5/h7-10,12-16H,11H2,1-6H3,(H,21,22). The molecular weight excluding hydrogens is 304 g/mol. The van der Waals surface area contributed by atoms with Crippen molar-refractivity contribution >= 4 is 11.9 Å². The van der Waals surface area contributed by atoms with Gasteiger partial charge >= 0.3 is 11.9 Å². The third-order valence-electron chi connectivity index (χ3n) is 3.98. The molecule has 4 nitrogen and oxygen atoms in total. The first-order valence-corrected chi connectivity index (χ1v) is 8.31. The average molecular weight is 334 g/mol. The second-order valence-corrected chi connectivity index (χ2v) is 5.67. The molecule has 134 valence electrons. The van der Waals surface area contributed by atoms with Crippen molar-refractivity contribution in [2.75, 3.05) is 0 Å². The summed E-state index contributed by atoms with van der Waals surface area (Å²) in [5.41, 5.74) is -3.04. The quantitative estimate of drug-likeness (QED) is 0.491. The Labute approximate surface area is 145 Å². The van der Waals surface area contributed by atoms with E-state index in [4.69, 9.17) is 4.74 Å². The molecule has 0 amide bonds. The van der Waals surface area contributed by atoms with Gasteiger partial charge in [-0.05, 0) is 41.0 Å². The third kappa shape index (κ3) is 4.25. The fraction of sp³-hybridized carbons (Fsp3) is 0.500. The van der Waals surface area contributed by atoms with Gasteiger partial charge in [0.1, 0.15) is 10.8 Å². The van der Waals surface area contributed by atoms with Crippen molar-refractivity contribution in [2.24, 2.45) is 10.8 Å². The van der Waals surface area contributed by atoms with E-state index in [0.717, 1.165) is 0 Å². The van der Waals surface area contributed by atoms with Crippen LogP contribution in [0.5, 0.6) is 0 Å². The number of aliphatic carboxylic acids is 1. The van der Waals surface area contributed by atoms with Crippen molar-refractivity contribution in [2.45, 2.75) is 54.1 Å². The van der Waals surface area contributed by atoms with Crippen LogP contribution in [-0.4, -0.2) is 23.1 Å². The molecule has 1 unspecified atom stereocenters. The van der Waals surface area contributed by atoms with Gasteiger partial charge in [0, 0.05) is 0 Å². The highest BCUT2D eigenvalue weighted by atomic mass is 16.5. The molecule has 0 saturated carbocycles. The average Bonchev–Trinajstić information content (AvgIpc) is 2.53. The molecule has 0 fully saturated rings. The minimum atomic E-state index is -1.57. The lowest BCUT2D eigenvalue weighted by Gasteiger charge is -2.39. The summed E-state index contributed by atoms with van der Waals surface area (Å²) < 4.78 is 5.55. The fourth-order valence-electron chi connectivity index (χ4n) is 2.70. The SMILES string of the molecule is CC=CC(C=CC)(C(=O)O)C(C=CC)(C=CC)C(=O)OC(C)CC. The van der Waals surface area contributed by atoms with Crippen LogP contribution in [0.4, 0.5) is 0 Å². The van der Waals surface area contributed by atoms with Gasteiger partial charge in [0.2, 0.25) is 0 Å². The lowest BCUT2D eigenvalue weighted by atomic mass is 9.62. The van der Waals surface area contributed by atoms with Crippen molar-refractivity contribution in [3.8, 4) is 0 Å². The molecule has 0 aromatic carbocycles. The zero-order valence-corrected chi connectivity index (χ0v) is 15.6. The summed E-state index contributed by atoms with van der Waals surface area (Å²) in [6.45, 7) is 10.7. The maximum atomic E-state index is 13.1. The van der Waals surface area contributed by atoms with E-state index in [1.807, 2.05) is 6.92 Å². The molecule has 0 radical (unpaired) electrons. The van der Waals surface area contributed by atoms with Crippen LogP contribution in [0.3, 0.4) is 0 Å². The van der Waals surface area contributed by atoms with Crippen LogP contribution in [0.15, 0.2) is 48.6 Å². The van der Waals surface area contributed by atoms with Crippen LogP contribution in [0.1, 0.15) is 48.0 Å². The molecular formula is C20H30O4. The van der Waals surface area contributed by atoms with Gasteiger partial charge in [-0.2, -0.15) is 0 Å². The molecule has 0 spiro atoms.